The molecular weight excluding hydrogens is 370 g/mol. The van der Waals surface area contributed by atoms with E-state index in [-0.39, 0.29) is 18.2 Å². The number of nitrogens with zero attached hydrogens (tertiary/aromatic N) is 2. The van der Waals surface area contributed by atoms with E-state index in [4.69, 9.17) is 0 Å². The van der Waals surface area contributed by atoms with Crippen LogP contribution in [0.4, 0.5) is 5.69 Å². The average Bonchev–Trinajstić information content (AvgIpc) is 2.55. The third-order valence-corrected chi connectivity index (χ3v) is 4.13. The minimum atomic E-state index is -0.110. The van der Waals surface area contributed by atoms with Gasteiger partial charge >= 0.3 is 0 Å². The minimum absolute atomic E-state index is 0.0561. The Morgan fingerprint density at radius 3 is 2.54 bits per heavy atom. The monoisotopic (exact) mass is 389 g/mol. The van der Waals surface area contributed by atoms with Crippen molar-refractivity contribution in [2.24, 2.45) is 0 Å². The first-order valence-corrected chi connectivity index (χ1v) is 8.45. The van der Waals surface area contributed by atoms with Gasteiger partial charge in [-0.05, 0) is 48.4 Å². The van der Waals surface area contributed by atoms with Gasteiger partial charge in [-0.3, -0.25) is 14.6 Å². The number of hydrogen-bond donors (Lipinski definition) is 1. The molecule has 5 nitrogen and oxygen atoms in total. The molecule has 1 aromatic carbocycles. The Labute approximate surface area is 150 Å². The molecule has 0 spiro atoms. The molecule has 0 unspecified atom stereocenters. The summed E-state index contributed by atoms with van der Waals surface area (Å²) in [7, 11) is 0. The van der Waals surface area contributed by atoms with E-state index in [0.29, 0.717) is 13.1 Å². The van der Waals surface area contributed by atoms with Crippen LogP contribution in [0.2, 0.25) is 0 Å². The quantitative estimate of drug-likeness (QED) is 0.821. The van der Waals surface area contributed by atoms with Gasteiger partial charge in [-0.25, -0.2) is 0 Å². The van der Waals surface area contributed by atoms with Crippen molar-refractivity contribution in [3.63, 3.8) is 0 Å². The van der Waals surface area contributed by atoms with Crippen molar-refractivity contribution in [1.82, 2.24) is 9.88 Å². The first-order chi connectivity index (χ1) is 11.5. The lowest BCUT2D eigenvalue weighted by Crippen LogP contribution is -2.31. The van der Waals surface area contributed by atoms with Crippen LogP contribution in [0.25, 0.3) is 0 Å². The Balaban J connectivity index is 1.91. The van der Waals surface area contributed by atoms with Crippen LogP contribution in [0.15, 0.2) is 47.2 Å². The van der Waals surface area contributed by atoms with Crippen molar-refractivity contribution in [2.45, 2.75) is 26.8 Å². The van der Waals surface area contributed by atoms with Crippen LogP contribution in [0.1, 0.15) is 24.5 Å². The summed E-state index contributed by atoms with van der Waals surface area (Å²) in [6, 6.07) is 9.41. The van der Waals surface area contributed by atoms with Crippen LogP contribution >= 0.6 is 15.9 Å². The zero-order valence-corrected chi connectivity index (χ0v) is 15.3. The van der Waals surface area contributed by atoms with Crippen molar-refractivity contribution < 1.29 is 9.59 Å². The number of pyridine rings is 1. The number of aromatic nitrogens is 1. The van der Waals surface area contributed by atoms with Crippen molar-refractivity contribution in [3.05, 3.63) is 58.3 Å². The SMILES string of the molecule is CC(=O)N(CCC(=O)Nc1ccc(Br)cc1C)Cc1ccncc1. The number of rotatable bonds is 6. The first-order valence-electron chi connectivity index (χ1n) is 7.66. The summed E-state index contributed by atoms with van der Waals surface area (Å²) in [4.78, 5) is 29.6. The van der Waals surface area contributed by atoms with Gasteiger partial charge in [0.25, 0.3) is 0 Å². The van der Waals surface area contributed by atoms with Gasteiger partial charge in [0, 0.05) is 49.0 Å². The molecule has 0 bridgehead atoms. The van der Waals surface area contributed by atoms with E-state index in [1.807, 2.05) is 37.3 Å². The molecular formula is C18H20BrN3O2. The Bertz CT molecular complexity index is 719. The molecule has 0 saturated heterocycles. The highest BCUT2D eigenvalue weighted by Gasteiger charge is 2.12. The van der Waals surface area contributed by atoms with Crippen molar-refractivity contribution in [3.8, 4) is 0 Å². The Hall–Kier alpha value is -2.21. The van der Waals surface area contributed by atoms with Gasteiger partial charge in [0.05, 0.1) is 0 Å². The fourth-order valence-electron chi connectivity index (χ4n) is 2.27. The third kappa shape index (κ3) is 5.45. The van der Waals surface area contributed by atoms with Crippen LogP contribution in [0.3, 0.4) is 0 Å². The molecule has 1 heterocycles. The maximum atomic E-state index is 12.2. The zero-order chi connectivity index (χ0) is 17.5. The second-order valence-electron chi connectivity index (χ2n) is 5.55. The van der Waals surface area contributed by atoms with Crippen LogP contribution in [-0.2, 0) is 16.1 Å². The molecule has 0 aliphatic rings. The summed E-state index contributed by atoms with van der Waals surface area (Å²) in [6.45, 7) is 4.30. The Morgan fingerprint density at radius 2 is 1.92 bits per heavy atom. The number of nitrogens with one attached hydrogen (secondary N) is 1. The third-order valence-electron chi connectivity index (χ3n) is 3.64. The number of hydrogen-bond acceptors (Lipinski definition) is 3. The number of halogens is 1. The van der Waals surface area contributed by atoms with Gasteiger partial charge in [-0.15, -0.1) is 0 Å². The van der Waals surface area contributed by atoms with E-state index in [0.717, 1.165) is 21.3 Å². The summed E-state index contributed by atoms with van der Waals surface area (Å²) in [6.07, 6.45) is 3.63. The molecule has 1 aromatic heterocycles. The molecule has 2 amide bonds. The fourth-order valence-corrected chi connectivity index (χ4v) is 2.75. The maximum Gasteiger partial charge on any atom is 0.226 e. The molecule has 0 fully saturated rings. The highest BCUT2D eigenvalue weighted by atomic mass is 79.9. The summed E-state index contributed by atoms with van der Waals surface area (Å²) in [5, 5.41) is 2.89. The van der Waals surface area contributed by atoms with Gasteiger partial charge in [0.1, 0.15) is 0 Å². The summed E-state index contributed by atoms with van der Waals surface area (Å²) >= 11 is 3.40. The van der Waals surface area contributed by atoms with Crippen LogP contribution in [0.5, 0.6) is 0 Å². The van der Waals surface area contributed by atoms with Crippen LogP contribution in [-0.4, -0.2) is 28.2 Å². The normalized spacial score (nSPS) is 10.3. The molecule has 24 heavy (non-hydrogen) atoms. The zero-order valence-electron chi connectivity index (χ0n) is 13.8. The second kappa shape index (κ2) is 8.59. The number of aryl methyl sites for hydroxylation is 1. The van der Waals surface area contributed by atoms with Gasteiger partial charge < -0.3 is 10.2 Å². The second-order valence-corrected chi connectivity index (χ2v) is 6.47. The van der Waals surface area contributed by atoms with Crippen LogP contribution < -0.4 is 5.32 Å². The summed E-state index contributed by atoms with van der Waals surface area (Å²) in [5.74, 6) is -0.166. The number of carbonyl (C=O) groups is 2. The lowest BCUT2D eigenvalue weighted by molar-refractivity contribution is -0.129. The minimum Gasteiger partial charge on any atom is -0.338 e. The lowest BCUT2D eigenvalue weighted by atomic mass is 10.2. The predicted molar refractivity (Wildman–Crippen MR) is 97.5 cm³/mol. The molecule has 1 N–H and O–H groups in total. The molecule has 2 rings (SSSR count). The molecule has 0 aliphatic carbocycles. The number of carbonyl (C=O) groups excluding carboxylic acids is 2. The first kappa shape index (κ1) is 18.1. The molecule has 0 radical (unpaired) electrons. The van der Waals surface area contributed by atoms with E-state index < -0.39 is 0 Å². The van der Waals surface area contributed by atoms with Crippen molar-refractivity contribution in [2.75, 3.05) is 11.9 Å². The van der Waals surface area contributed by atoms with Gasteiger partial charge in [0.2, 0.25) is 11.8 Å². The van der Waals surface area contributed by atoms with Gasteiger partial charge in [-0.2, -0.15) is 0 Å². The van der Waals surface area contributed by atoms with E-state index in [2.05, 4.69) is 26.2 Å². The van der Waals surface area contributed by atoms with Crippen molar-refractivity contribution >= 4 is 33.4 Å². The van der Waals surface area contributed by atoms with E-state index in [1.54, 1.807) is 17.3 Å². The molecule has 0 saturated carbocycles. The molecule has 6 heteroatoms. The number of benzene rings is 1. The molecule has 2 aromatic rings. The lowest BCUT2D eigenvalue weighted by Gasteiger charge is -2.21. The smallest absolute Gasteiger partial charge is 0.226 e. The summed E-state index contributed by atoms with van der Waals surface area (Å²) < 4.78 is 0.970. The summed E-state index contributed by atoms with van der Waals surface area (Å²) in [5.41, 5.74) is 2.76. The van der Waals surface area contributed by atoms with Gasteiger partial charge in [0.15, 0.2) is 0 Å². The topological polar surface area (TPSA) is 62.3 Å². The molecule has 126 valence electrons. The highest BCUT2D eigenvalue weighted by Crippen LogP contribution is 2.20. The average molecular weight is 390 g/mol. The van der Waals surface area contributed by atoms with Gasteiger partial charge in [-0.1, -0.05) is 15.9 Å². The Kier molecular flexibility index (Phi) is 6.49. The van der Waals surface area contributed by atoms with E-state index >= 15 is 0 Å². The van der Waals surface area contributed by atoms with E-state index in [9.17, 15) is 9.59 Å². The standard InChI is InChI=1S/C18H20BrN3O2/c1-13-11-16(19)3-4-17(13)21-18(24)7-10-22(14(2)23)12-15-5-8-20-9-6-15/h3-6,8-9,11H,7,10,12H2,1-2H3,(H,21,24). The maximum absolute atomic E-state index is 12.2. The Morgan fingerprint density at radius 1 is 1.21 bits per heavy atom. The van der Waals surface area contributed by atoms with Crippen molar-refractivity contribution in [1.29, 1.82) is 0 Å². The number of anilines is 1. The fraction of sp³-hybridized carbons (Fsp3) is 0.278. The number of amides is 2. The predicted octanol–water partition coefficient (Wildman–Crippen LogP) is 3.53. The largest absolute Gasteiger partial charge is 0.338 e. The van der Waals surface area contributed by atoms with Crippen LogP contribution in [0, 0.1) is 6.92 Å². The van der Waals surface area contributed by atoms with E-state index in [1.165, 1.54) is 6.92 Å². The molecule has 0 aliphatic heterocycles. The molecule has 0 atom stereocenters. The highest BCUT2D eigenvalue weighted by molar-refractivity contribution is 9.10.